The first-order valence-electron chi connectivity index (χ1n) is 8.31. The van der Waals surface area contributed by atoms with Gasteiger partial charge in [0.05, 0.1) is 0 Å². The highest BCUT2D eigenvalue weighted by atomic mass is 15.3. The van der Waals surface area contributed by atoms with E-state index in [0.29, 0.717) is 6.04 Å². The normalized spacial score (nSPS) is 26.8. The molecule has 2 nitrogen and oxygen atoms in total. The van der Waals surface area contributed by atoms with Crippen molar-refractivity contribution in [3.63, 3.8) is 0 Å². The molecular formula is C19H24N2. The van der Waals surface area contributed by atoms with Gasteiger partial charge in [-0.2, -0.15) is 0 Å². The van der Waals surface area contributed by atoms with Gasteiger partial charge in [0.1, 0.15) is 0 Å². The Balaban J connectivity index is 1.71. The fourth-order valence-corrected chi connectivity index (χ4v) is 4.15. The highest BCUT2D eigenvalue weighted by molar-refractivity contribution is 5.94. The Hall–Kier alpha value is -1.54. The van der Waals surface area contributed by atoms with Crippen LogP contribution < -0.4 is 4.90 Å². The van der Waals surface area contributed by atoms with E-state index in [0.717, 1.165) is 6.04 Å². The third kappa shape index (κ3) is 2.32. The van der Waals surface area contributed by atoms with E-state index in [1.54, 1.807) is 0 Å². The summed E-state index contributed by atoms with van der Waals surface area (Å²) in [6, 6.07) is 16.9. The van der Waals surface area contributed by atoms with Crippen LogP contribution in [0, 0.1) is 0 Å². The summed E-state index contributed by atoms with van der Waals surface area (Å²) in [5.74, 6) is 0. The Bertz CT molecular complexity index is 631. The number of benzene rings is 2. The molecule has 0 N–H and O–H groups in total. The molecule has 2 aromatic carbocycles. The van der Waals surface area contributed by atoms with Crippen LogP contribution in [0.1, 0.15) is 26.2 Å². The van der Waals surface area contributed by atoms with Crippen LogP contribution in [0.5, 0.6) is 0 Å². The van der Waals surface area contributed by atoms with E-state index < -0.39 is 0 Å². The first kappa shape index (κ1) is 13.1. The number of piperazine rings is 1. The van der Waals surface area contributed by atoms with E-state index in [1.165, 1.54) is 55.4 Å². The van der Waals surface area contributed by atoms with Gasteiger partial charge in [-0.05, 0) is 37.8 Å². The van der Waals surface area contributed by atoms with Gasteiger partial charge in [0, 0.05) is 36.2 Å². The van der Waals surface area contributed by atoms with E-state index in [-0.39, 0.29) is 0 Å². The van der Waals surface area contributed by atoms with Gasteiger partial charge in [-0.25, -0.2) is 0 Å². The molecule has 0 amide bonds. The van der Waals surface area contributed by atoms with Crippen molar-refractivity contribution in [2.45, 2.75) is 38.3 Å². The maximum absolute atomic E-state index is 2.72. The van der Waals surface area contributed by atoms with Gasteiger partial charge in [0.15, 0.2) is 0 Å². The van der Waals surface area contributed by atoms with E-state index in [1.807, 2.05) is 0 Å². The molecule has 0 aromatic heterocycles. The lowest BCUT2D eigenvalue weighted by Crippen LogP contribution is -2.58. The molecule has 21 heavy (non-hydrogen) atoms. The Kier molecular flexibility index (Phi) is 3.34. The van der Waals surface area contributed by atoms with Crippen molar-refractivity contribution in [1.29, 1.82) is 0 Å². The zero-order valence-electron chi connectivity index (χ0n) is 12.8. The highest BCUT2D eigenvalue weighted by Gasteiger charge is 2.33. The number of piperidine rings is 1. The summed E-state index contributed by atoms with van der Waals surface area (Å²) >= 11 is 0. The maximum atomic E-state index is 2.72. The second-order valence-corrected chi connectivity index (χ2v) is 6.64. The molecule has 2 heteroatoms. The average Bonchev–Trinajstić information content (AvgIpc) is 2.54. The molecule has 2 aromatic rings. The Morgan fingerprint density at radius 1 is 0.952 bits per heavy atom. The molecule has 2 fully saturated rings. The minimum absolute atomic E-state index is 0.602. The number of anilines is 1. The molecule has 110 valence electrons. The summed E-state index contributed by atoms with van der Waals surface area (Å²) in [5.41, 5.74) is 1.42. The maximum Gasteiger partial charge on any atom is 0.0449 e. The Morgan fingerprint density at radius 2 is 1.81 bits per heavy atom. The number of fused-ring (bicyclic) bond motifs is 2. The largest absolute Gasteiger partial charge is 0.365 e. The number of hydrogen-bond acceptors (Lipinski definition) is 2. The van der Waals surface area contributed by atoms with Crippen molar-refractivity contribution in [3.05, 3.63) is 42.5 Å². The molecule has 2 aliphatic rings. The van der Waals surface area contributed by atoms with Gasteiger partial charge >= 0.3 is 0 Å². The monoisotopic (exact) mass is 280 g/mol. The van der Waals surface area contributed by atoms with Gasteiger partial charge in [0.2, 0.25) is 0 Å². The van der Waals surface area contributed by atoms with E-state index in [4.69, 9.17) is 0 Å². The van der Waals surface area contributed by atoms with Crippen LogP contribution >= 0.6 is 0 Å². The minimum Gasteiger partial charge on any atom is -0.365 e. The van der Waals surface area contributed by atoms with Crippen LogP contribution in [0.15, 0.2) is 42.5 Å². The van der Waals surface area contributed by atoms with Crippen molar-refractivity contribution in [1.82, 2.24) is 4.90 Å². The fraction of sp³-hybridized carbons (Fsp3) is 0.474. The van der Waals surface area contributed by atoms with E-state index >= 15 is 0 Å². The molecule has 4 rings (SSSR count). The molecule has 0 radical (unpaired) electrons. The number of rotatable bonds is 1. The molecular weight excluding hydrogens is 256 g/mol. The summed E-state index contributed by atoms with van der Waals surface area (Å²) in [7, 11) is 0. The van der Waals surface area contributed by atoms with Crippen molar-refractivity contribution in [2.24, 2.45) is 0 Å². The molecule has 2 saturated heterocycles. The van der Waals surface area contributed by atoms with Crippen LogP contribution in [0.3, 0.4) is 0 Å². The third-order valence-corrected chi connectivity index (χ3v) is 5.26. The predicted molar refractivity (Wildman–Crippen MR) is 90.0 cm³/mol. The summed E-state index contributed by atoms with van der Waals surface area (Å²) < 4.78 is 0. The van der Waals surface area contributed by atoms with Gasteiger partial charge in [0.25, 0.3) is 0 Å². The van der Waals surface area contributed by atoms with Crippen LogP contribution in [-0.2, 0) is 0 Å². The van der Waals surface area contributed by atoms with Gasteiger partial charge < -0.3 is 4.90 Å². The summed E-state index contributed by atoms with van der Waals surface area (Å²) in [6.07, 6.45) is 4.16. The summed E-state index contributed by atoms with van der Waals surface area (Å²) in [5, 5.41) is 2.75. The second kappa shape index (κ2) is 5.34. The smallest absolute Gasteiger partial charge is 0.0449 e. The van der Waals surface area contributed by atoms with Crippen molar-refractivity contribution < 1.29 is 0 Å². The lowest BCUT2D eigenvalue weighted by Gasteiger charge is -2.48. The van der Waals surface area contributed by atoms with Crippen LogP contribution in [0.25, 0.3) is 10.8 Å². The zero-order chi connectivity index (χ0) is 14.2. The van der Waals surface area contributed by atoms with Gasteiger partial charge in [-0.3, -0.25) is 4.90 Å². The molecule has 2 atom stereocenters. The SMILES string of the molecule is CC1CN2CCCCC2CN1c1cccc2ccccc12. The molecule has 0 aliphatic carbocycles. The quantitative estimate of drug-likeness (QED) is 0.781. The molecule has 0 bridgehead atoms. The number of nitrogens with zero attached hydrogens (tertiary/aromatic N) is 2. The molecule has 0 saturated carbocycles. The van der Waals surface area contributed by atoms with Gasteiger partial charge in [-0.15, -0.1) is 0 Å². The van der Waals surface area contributed by atoms with E-state index in [9.17, 15) is 0 Å². The average molecular weight is 280 g/mol. The van der Waals surface area contributed by atoms with Crippen molar-refractivity contribution in [2.75, 3.05) is 24.5 Å². The third-order valence-electron chi connectivity index (χ3n) is 5.26. The van der Waals surface area contributed by atoms with Crippen LogP contribution in [-0.4, -0.2) is 36.6 Å². The fourth-order valence-electron chi connectivity index (χ4n) is 4.15. The molecule has 2 aliphatic heterocycles. The summed E-state index contributed by atoms with van der Waals surface area (Å²) in [6.45, 7) is 6.09. The molecule has 0 spiro atoms. The predicted octanol–water partition coefficient (Wildman–Crippen LogP) is 3.90. The second-order valence-electron chi connectivity index (χ2n) is 6.64. The Morgan fingerprint density at radius 3 is 2.76 bits per heavy atom. The highest BCUT2D eigenvalue weighted by Crippen LogP contribution is 2.32. The number of hydrogen-bond donors (Lipinski definition) is 0. The first-order valence-corrected chi connectivity index (χ1v) is 8.31. The molecule has 2 unspecified atom stereocenters. The standard InChI is InChI=1S/C19H24N2/c1-15-13-20-12-5-4-9-17(20)14-21(15)19-11-6-8-16-7-2-3-10-18(16)19/h2-3,6-8,10-11,15,17H,4-5,9,12-14H2,1H3. The lowest BCUT2D eigenvalue weighted by molar-refractivity contribution is 0.116. The Labute approximate surface area is 127 Å². The zero-order valence-corrected chi connectivity index (χ0v) is 12.8. The summed E-state index contributed by atoms with van der Waals surface area (Å²) in [4.78, 5) is 5.37. The van der Waals surface area contributed by atoms with Crippen molar-refractivity contribution in [3.8, 4) is 0 Å². The van der Waals surface area contributed by atoms with E-state index in [2.05, 4.69) is 59.2 Å². The van der Waals surface area contributed by atoms with Crippen LogP contribution in [0.4, 0.5) is 5.69 Å². The molecule has 2 heterocycles. The van der Waals surface area contributed by atoms with Crippen molar-refractivity contribution >= 4 is 16.5 Å². The minimum atomic E-state index is 0.602. The topological polar surface area (TPSA) is 6.48 Å². The lowest BCUT2D eigenvalue weighted by atomic mass is 9.96. The van der Waals surface area contributed by atoms with Crippen LogP contribution in [0.2, 0.25) is 0 Å². The van der Waals surface area contributed by atoms with Gasteiger partial charge in [-0.1, -0.05) is 42.8 Å². The first-order chi connectivity index (χ1) is 10.3.